The number of benzene rings is 1. The van der Waals surface area contributed by atoms with Crippen LogP contribution in [-0.2, 0) is 9.05 Å². The Morgan fingerprint density at radius 3 is 2.11 bits per heavy atom. The van der Waals surface area contributed by atoms with Crippen LogP contribution < -0.4 is 4.52 Å². The van der Waals surface area contributed by atoms with E-state index in [-0.39, 0.29) is 5.69 Å². The fourth-order valence-electron chi connectivity index (χ4n) is 1.18. The van der Waals surface area contributed by atoms with Crippen molar-refractivity contribution in [2.75, 3.05) is 13.2 Å². The third-order valence-electron chi connectivity index (χ3n) is 1.85. The molecule has 0 fully saturated rings. The maximum Gasteiger partial charge on any atom is 0.521 e. The van der Waals surface area contributed by atoms with Gasteiger partial charge in [0.05, 0.1) is 18.1 Å². The van der Waals surface area contributed by atoms with Crippen molar-refractivity contribution < 1.29 is 18.5 Å². The molecule has 0 unspecified atom stereocenters. The Kier molecular flexibility index (Phi) is 5.81. The molecule has 0 bridgehead atoms. The van der Waals surface area contributed by atoms with Crippen LogP contribution >= 0.6 is 19.4 Å². The maximum atomic E-state index is 10.5. The molecule has 18 heavy (non-hydrogen) atoms. The molecule has 100 valence electrons. The number of rotatable bonds is 7. The van der Waals surface area contributed by atoms with Crippen molar-refractivity contribution in [2.45, 2.75) is 13.8 Å². The van der Waals surface area contributed by atoms with Crippen molar-refractivity contribution in [2.24, 2.45) is 0 Å². The molecule has 0 N–H and O–H groups in total. The lowest BCUT2D eigenvalue weighted by atomic mass is 10.3. The number of nitrogens with zero attached hydrogens (tertiary/aromatic N) is 1. The highest BCUT2D eigenvalue weighted by Crippen LogP contribution is 2.65. The summed E-state index contributed by atoms with van der Waals surface area (Å²) in [5, 5.41) is 10.5. The fraction of sp³-hybridized carbons (Fsp3) is 0.400. The van der Waals surface area contributed by atoms with E-state index in [4.69, 9.17) is 13.6 Å². The van der Waals surface area contributed by atoms with Gasteiger partial charge in [-0.15, -0.1) is 0 Å². The third kappa shape index (κ3) is 4.42. The molecule has 0 saturated heterocycles. The number of non-ortho nitro benzene ring substituents is 1. The molecule has 0 radical (unpaired) electrons. The summed E-state index contributed by atoms with van der Waals surface area (Å²) < 4.78 is 16.2. The van der Waals surface area contributed by atoms with Gasteiger partial charge in [0.2, 0.25) is 0 Å². The largest absolute Gasteiger partial charge is 0.521 e. The van der Waals surface area contributed by atoms with Gasteiger partial charge in [0, 0.05) is 12.1 Å². The van der Waals surface area contributed by atoms with Crippen LogP contribution in [0.15, 0.2) is 24.3 Å². The molecule has 0 heterocycles. The predicted molar refractivity (Wildman–Crippen MR) is 72.9 cm³/mol. The summed E-state index contributed by atoms with van der Waals surface area (Å²) in [4.78, 5) is 10.0. The lowest BCUT2D eigenvalue weighted by molar-refractivity contribution is -0.384. The summed E-state index contributed by atoms with van der Waals surface area (Å²) in [6.07, 6.45) is 0. The van der Waals surface area contributed by atoms with E-state index >= 15 is 0 Å². The van der Waals surface area contributed by atoms with Gasteiger partial charge in [0.25, 0.3) is 5.69 Å². The van der Waals surface area contributed by atoms with Crippen molar-refractivity contribution >= 4 is 25.1 Å². The maximum absolute atomic E-state index is 10.5. The van der Waals surface area contributed by atoms with Crippen LogP contribution in [0.3, 0.4) is 0 Å². The standard InChI is InChI=1S/C10H15NO5PS/c1-3-14-17(18,15-4-2)16-10-7-5-9(6-8-10)11(12)13/h5-8,18H,3-4H2,1-2H3/q+1. The summed E-state index contributed by atoms with van der Waals surface area (Å²) in [6.45, 7) is 4.43. The van der Waals surface area contributed by atoms with Crippen molar-refractivity contribution in [1.82, 2.24) is 0 Å². The first-order valence-electron chi connectivity index (χ1n) is 5.35. The number of nitro benzene ring substituents is 1. The zero-order valence-corrected chi connectivity index (χ0v) is 11.9. The summed E-state index contributed by atoms with van der Waals surface area (Å²) in [6, 6.07) is 5.68. The topological polar surface area (TPSA) is 70.8 Å². The molecule has 0 aliphatic rings. The first kappa shape index (κ1) is 15.2. The number of nitro groups is 1. The van der Waals surface area contributed by atoms with Gasteiger partial charge in [-0.2, -0.15) is 9.05 Å². The van der Waals surface area contributed by atoms with E-state index in [1.165, 1.54) is 24.3 Å². The van der Waals surface area contributed by atoms with Gasteiger partial charge >= 0.3 is 7.15 Å². The molecule has 0 spiro atoms. The second-order valence-corrected chi connectivity index (χ2v) is 6.25. The van der Waals surface area contributed by atoms with Gasteiger partial charge in [-0.05, 0) is 26.0 Å². The van der Waals surface area contributed by atoms with Crippen LogP contribution in [0.5, 0.6) is 5.75 Å². The Labute approximate surface area is 111 Å². The zero-order chi connectivity index (χ0) is 13.6. The van der Waals surface area contributed by atoms with E-state index in [0.717, 1.165) is 0 Å². The lowest BCUT2D eigenvalue weighted by Crippen LogP contribution is -2.04. The molecular formula is C10H15NO5PS+. The minimum atomic E-state index is -2.71. The second kappa shape index (κ2) is 6.89. The molecule has 0 saturated carbocycles. The van der Waals surface area contributed by atoms with E-state index in [9.17, 15) is 10.1 Å². The summed E-state index contributed by atoms with van der Waals surface area (Å²) in [7, 11) is -2.71. The quantitative estimate of drug-likeness (QED) is 0.359. The predicted octanol–water partition coefficient (Wildman–Crippen LogP) is 3.65. The van der Waals surface area contributed by atoms with Crippen molar-refractivity contribution in [3.05, 3.63) is 34.4 Å². The van der Waals surface area contributed by atoms with Gasteiger partial charge in [-0.1, -0.05) is 0 Å². The van der Waals surface area contributed by atoms with Crippen LogP contribution in [0.2, 0.25) is 0 Å². The first-order valence-corrected chi connectivity index (χ1v) is 8.05. The molecule has 6 nitrogen and oxygen atoms in total. The monoisotopic (exact) mass is 292 g/mol. The lowest BCUT2D eigenvalue weighted by Gasteiger charge is -2.15. The SMILES string of the molecule is CCO[P+](S)(OCC)Oc1ccc([N+](=O)[O-])cc1. The first-order chi connectivity index (χ1) is 8.50. The highest BCUT2D eigenvalue weighted by Gasteiger charge is 2.42. The van der Waals surface area contributed by atoms with Gasteiger partial charge < -0.3 is 0 Å². The molecule has 0 aliphatic heterocycles. The zero-order valence-electron chi connectivity index (χ0n) is 10.1. The van der Waals surface area contributed by atoms with E-state index < -0.39 is 12.1 Å². The van der Waals surface area contributed by atoms with Gasteiger partial charge in [0.1, 0.15) is 12.2 Å². The number of thiol groups is 1. The molecule has 0 aromatic heterocycles. The Balaban J connectivity index is 2.77. The molecular weight excluding hydrogens is 277 g/mol. The van der Waals surface area contributed by atoms with Crippen LogP contribution in [0.25, 0.3) is 0 Å². The van der Waals surface area contributed by atoms with Crippen LogP contribution in [0, 0.1) is 10.1 Å². The fourth-order valence-corrected chi connectivity index (χ4v) is 3.37. The van der Waals surface area contributed by atoms with Crippen molar-refractivity contribution in [3.63, 3.8) is 0 Å². The minimum Gasteiger partial charge on any atom is -0.275 e. The van der Waals surface area contributed by atoms with Gasteiger partial charge in [-0.25, -0.2) is 0 Å². The summed E-state index contributed by atoms with van der Waals surface area (Å²) in [5.41, 5.74) is -0.00160. The Morgan fingerprint density at radius 1 is 1.22 bits per heavy atom. The molecule has 0 atom stereocenters. The summed E-state index contributed by atoms with van der Waals surface area (Å²) >= 11 is 4.27. The second-order valence-electron chi connectivity index (χ2n) is 3.15. The molecule has 0 amide bonds. The number of hydrogen-bond acceptors (Lipinski definition) is 6. The Hall–Kier alpha value is -0.880. The molecule has 1 aromatic rings. The highest BCUT2D eigenvalue weighted by molar-refractivity contribution is 8.47. The Bertz CT molecular complexity index is 394. The smallest absolute Gasteiger partial charge is 0.275 e. The molecule has 8 heteroatoms. The van der Waals surface area contributed by atoms with Crippen LogP contribution in [0.4, 0.5) is 5.69 Å². The van der Waals surface area contributed by atoms with E-state index in [1.54, 1.807) is 0 Å². The minimum absolute atomic E-state index is 0.00160. The normalized spacial score (nSPS) is 11.3. The third-order valence-corrected chi connectivity index (χ3v) is 4.40. The van der Waals surface area contributed by atoms with E-state index in [2.05, 4.69) is 12.2 Å². The molecule has 0 aliphatic carbocycles. The Morgan fingerprint density at radius 2 is 1.72 bits per heavy atom. The average molecular weight is 292 g/mol. The van der Waals surface area contributed by atoms with Crippen LogP contribution in [0.1, 0.15) is 13.8 Å². The van der Waals surface area contributed by atoms with E-state index in [1.807, 2.05) is 13.8 Å². The molecule has 1 aromatic carbocycles. The van der Waals surface area contributed by atoms with Gasteiger partial charge in [-0.3, -0.25) is 14.6 Å². The van der Waals surface area contributed by atoms with Crippen molar-refractivity contribution in [3.8, 4) is 5.75 Å². The van der Waals surface area contributed by atoms with Gasteiger partial charge in [0.15, 0.2) is 5.75 Å². The van der Waals surface area contributed by atoms with Crippen molar-refractivity contribution in [1.29, 1.82) is 0 Å². The summed E-state index contributed by atoms with van der Waals surface area (Å²) in [5.74, 6) is 0.422. The number of hydrogen-bond donors (Lipinski definition) is 1. The molecule has 1 rings (SSSR count). The highest BCUT2D eigenvalue weighted by atomic mass is 32.7. The van der Waals surface area contributed by atoms with Crippen LogP contribution in [-0.4, -0.2) is 18.1 Å². The van der Waals surface area contributed by atoms with E-state index in [0.29, 0.717) is 19.0 Å². The average Bonchev–Trinajstić information content (AvgIpc) is 2.30.